The fraction of sp³-hybridized carbons (Fsp3) is 0.333. The molecule has 1 aromatic heterocycles. The van der Waals surface area contributed by atoms with Crippen molar-refractivity contribution >= 4 is 10.0 Å². The van der Waals surface area contributed by atoms with Gasteiger partial charge in [0.15, 0.2) is 4.90 Å². The lowest BCUT2D eigenvalue weighted by Gasteiger charge is -2.09. The van der Waals surface area contributed by atoms with Gasteiger partial charge in [0, 0.05) is 20.3 Å². The van der Waals surface area contributed by atoms with Crippen molar-refractivity contribution in [1.82, 2.24) is 14.3 Å². The van der Waals surface area contributed by atoms with Crippen molar-refractivity contribution in [3.05, 3.63) is 27.0 Å². The highest BCUT2D eigenvalue weighted by Crippen LogP contribution is 2.03. The van der Waals surface area contributed by atoms with E-state index in [9.17, 15) is 18.0 Å². The van der Waals surface area contributed by atoms with Gasteiger partial charge in [0.2, 0.25) is 10.0 Å². The maximum Gasteiger partial charge on any atom is 0.325 e. The normalized spacial score (nSPS) is 11.9. The molecule has 0 fully saturated rings. The maximum atomic E-state index is 11.4. The van der Waals surface area contributed by atoms with Crippen LogP contribution in [0.2, 0.25) is 0 Å². The van der Waals surface area contributed by atoms with E-state index in [-0.39, 0.29) is 0 Å². The van der Waals surface area contributed by atoms with E-state index in [0.29, 0.717) is 0 Å². The predicted octanol–water partition coefficient (Wildman–Crippen LogP) is -1.69. The third kappa shape index (κ3) is 1.75. The smallest absolute Gasteiger partial charge is 0.313 e. The second-order valence-corrected chi connectivity index (χ2v) is 4.84. The lowest BCUT2D eigenvalue weighted by Crippen LogP contribution is -2.32. The number of nitrogens with zero attached hydrogens (tertiary/aromatic N) is 1. The quantitative estimate of drug-likeness (QED) is 0.619. The van der Waals surface area contributed by atoms with Crippen LogP contribution in [0.3, 0.4) is 0 Å². The molecule has 0 aliphatic heterocycles. The minimum absolute atomic E-state index is 0.484. The first kappa shape index (κ1) is 10.7. The summed E-state index contributed by atoms with van der Waals surface area (Å²) in [5, 5.41) is 0. The van der Waals surface area contributed by atoms with Gasteiger partial charge in [0.05, 0.1) is 0 Å². The Hall–Kier alpha value is -1.41. The molecule has 7 nitrogen and oxygen atoms in total. The fourth-order valence-corrected chi connectivity index (χ4v) is 1.67. The summed E-state index contributed by atoms with van der Waals surface area (Å²) < 4.78 is 23.8. The molecule has 0 spiro atoms. The van der Waals surface area contributed by atoms with E-state index in [1.807, 2.05) is 4.98 Å². The average Bonchev–Trinajstić information content (AvgIpc) is 2.02. The Kier molecular flexibility index (Phi) is 2.58. The summed E-state index contributed by atoms with van der Waals surface area (Å²) in [6.07, 6.45) is 0.872. The largest absolute Gasteiger partial charge is 0.325 e. The second-order valence-electron chi connectivity index (χ2n) is 2.72. The summed E-state index contributed by atoms with van der Waals surface area (Å²) in [5.74, 6) is 0. The first-order valence-electron chi connectivity index (χ1n) is 3.60. The number of sulfonamides is 1. The second kappa shape index (κ2) is 3.39. The van der Waals surface area contributed by atoms with Gasteiger partial charge in [-0.15, -0.1) is 0 Å². The van der Waals surface area contributed by atoms with Crippen LogP contribution in [0.15, 0.2) is 20.7 Å². The Balaban J connectivity index is 3.51. The first-order valence-corrected chi connectivity index (χ1v) is 5.04. The molecule has 0 radical (unpaired) electrons. The van der Waals surface area contributed by atoms with Crippen LogP contribution in [0.4, 0.5) is 0 Å². The average molecular weight is 219 g/mol. The molecular formula is C6H9N3O4S. The third-order valence-corrected chi connectivity index (χ3v) is 3.36. The molecule has 0 aliphatic rings. The first-order chi connectivity index (χ1) is 6.35. The fourth-order valence-electron chi connectivity index (χ4n) is 0.786. The van der Waals surface area contributed by atoms with Crippen LogP contribution in [0.25, 0.3) is 0 Å². The summed E-state index contributed by atoms with van der Waals surface area (Å²) in [6.45, 7) is 0. The zero-order chi connectivity index (χ0) is 10.9. The van der Waals surface area contributed by atoms with Crippen LogP contribution in [0.1, 0.15) is 0 Å². The third-order valence-electron chi connectivity index (χ3n) is 1.54. The molecule has 0 aliphatic carbocycles. The van der Waals surface area contributed by atoms with E-state index in [0.717, 1.165) is 10.5 Å². The Morgan fingerprint density at radius 1 is 1.29 bits per heavy atom. The van der Waals surface area contributed by atoms with E-state index in [4.69, 9.17) is 0 Å². The minimum atomic E-state index is -3.80. The number of hydrogen-bond acceptors (Lipinski definition) is 4. The molecule has 1 aromatic rings. The predicted molar refractivity (Wildman–Crippen MR) is 48.6 cm³/mol. The van der Waals surface area contributed by atoms with E-state index >= 15 is 0 Å². The summed E-state index contributed by atoms with van der Waals surface area (Å²) in [4.78, 5) is 25.2. The molecule has 1 rings (SSSR count). The van der Waals surface area contributed by atoms with Crippen molar-refractivity contribution in [2.75, 3.05) is 14.1 Å². The van der Waals surface area contributed by atoms with Crippen LogP contribution in [-0.4, -0.2) is 36.8 Å². The number of hydrogen-bond donors (Lipinski definition) is 2. The van der Waals surface area contributed by atoms with E-state index in [1.54, 1.807) is 0 Å². The highest BCUT2D eigenvalue weighted by atomic mass is 32.2. The summed E-state index contributed by atoms with van der Waals surface area (Å²) in [7, 11) is -1.22. The topological polar surface area (TPSA) is 103 Å². The van der Waals surface area contributed by atoms with Gasteiger partial charge in [0.1, 0.15) is 0 Å². The van der Waals surface area contributed by atoms with Crippen molar-refractivity contribution in [2.45, 2.75) is 4.90 Å². The van der Waals surface area contributed by atoms with Gasteiger partial charge < -0.3 is 4.98 Å². The number of aromatic nitrogens is 2. The Bertz CT molecular complexity index is 539. The molecule has 0 atom stereocenters. The monoisotopic (exact) mass is 219 g/mol. The van der Waals surface area contributed by atoms with Gasteiger partial charge in [0.25, 0.3) is 5.56 Å². The number of aromatic amines is 2. The van der Waals surface area contributed by atoms with Crippen molar-refractivity contribution in [3.8, 4) is 0 Å². The number of nitrogens with one attached hydrogen (secondary N) is 2. The van der Waals surface area contributed by atoms with Gasteiger partial charge in [-0.1, -0.05) is 0 Å². The highest BCUT2D eigenvalue weighted by Gasteiger charge is 2.20. The SMILES string of the molecule is CN(C)S(=O)(=O)c1c[nH]c(=O)[nH]c1=O. The molecule has 14 heavy (non-hydrogen) atoms. The Morgan fingerprint density at radius 2 is 1.86 bits per heavy atom. The molecule has 0 unspecified atom stereocenters. The number of rotatable bonds is 2. The van der Waals surface area contributed by atoms with Crippen molar-refractivity contribution in [2.24, 2.45) is 0 Å². The molecule has 78 valence electrons. The molecule has 8 heteroatoms. The molecular weight excluding hydrogens is 210 g/mol. The highest BCUT2D eigenvalue weighted by molar-refractivity contribution is 7.89. The summed E-state index contributed by atoms with van der Waals surface area (Å²) in [5.41, 5.74) is -1.67. The van der Waals surface area contributed by atoms with E-state index in [2.05, 4.69) is 4.98 Å². The van der Waals surface area contributed by atoms with Gasteiger partial charge in [-0.2, -0.15) is 0 Å². The molecule has 1 heterocycles. The molecule has 0 amide bonds. The van der Waals surface area contributed by atoms with Crippen molar-refractivity contribution < 1.29 is 8.42 Å². The lowest BCUT2D eigenvalue weighted by molar-refractivity contribution is 0.518. The van der Waals surface area contributed by atoms with Gasteiger partial charge >= 0.3 is 5.69 Å². The van der Waals surface area contributed by atoms with Crippen LogP contribution < -0.4 is 11.2 Å². The Morgan fingerprint density at radius 3 is 2.29 bits per heavy atom. The van der Waals surface area contributed by atoms with Gasteiger partial charge in [-0.05, 0) is 0 Å². The molecule has 2 N–H and O–H groups in total. The molecule has 0 saturated carbocycles. The van der Waals surface area contributed by atoms with Crippen molar-refractivity contribution in [3.63, 3.8) is 0 Å². The summed E-state index contributed by atoms with van der Waals surface area (Å²) >= 11 is 0. The zero-order valence-electron chi connectivity index (χ0n) is 7.57. The van der Waals surface area contributed by atoms with Crippen LogP contribution >= 0.6 is 0 Å². The zero-order valence-corrected chi connectivity index (χ0v) is 8.38. The standard InChI is InChI=1S/C6H9N3O4S/c1-9(2)14(12,13)4-3-7-6(11)8-5(4)10/h3H,1-2H3,(H2,7,8,10,11). The van der Waals surface area contributed by atoms with Crippen molar-refractivity contribution in [1.29, 1.82) is 0 Å². The Labute approximate surface area is 79.4 Å². The van der Waals surface area contributed by atoms with Crippen LogP contribution in [0.5, 0.6) is 0 Å². The molecule has 0 aromatic carbocycles. The summed E-state index contributed by atoms with van der Waals surface area (Å²) in [6, 6.07) is 0. The number of H-pyrrole nitrogens is 2. The lowest BCUT2D eigenvalue weighted by atomic mass is 10.7. The van der Waals surface area contributed by atoms with Gasteiger partial charge in [-0.25, -0.2) is 17.5 Å². The molecule has 0 saturated heterocycles. The maximum absolute atomic E-state index is 11.4. The van der Waals surface area contributed by atoms with Crippen LogP contribution in [0, 0.1) is 0 Å². The van der Waals surface area contributed by atoms with Gasteiger partial charge in [-0.3, -0.25) is 9.78 Å². The molecule has 0 bridgehead atoms. The van der Waals surface area contributed by atoms with Crippen LogP contribution in [-0.2, 0) is 10.0 Å². The minimum Gasteiger partial charge on any atom is -0.313 e. The van der Waals surface area contributed by atoms with E-state index < -0.39 is 26.2 Å². The van der Waals surface area contributed by atoms with E-state index in [1.165, 1.54) is 14.1 Å².